The molecule has 0 amide bonds. The molecule has 0 unspecified atom stereocenters. The van der Waals surface area contributed by atoms with E-state index in [1.807, 2.05) is 54.6 Å². The highest BCUT2D eigenvalue weighted by Gasteiger charge is 2.08. The molecule has 0 spiro atoms. The maximum absolute atomic E-state index is 5.76. The van der Waals surface area contributed by atoms with Gasteiger partial charge in [0.05, 0.1) is 19.1 Å². The van der Waals surface area contributed by atoms with E-state index in [1.54, 1.807) is 19.6 Å². The van der Waals surface area contributed by atoms with Crippen LogP contribution < -0.4 is 14.8 Å². The largest absolute Gasteiger partial charge is 0.497 e. The monoisotopic (exact) mass is 361 g/mol. The lowest BCUT2D eigenvalue weighted by Crippen LogP contribution is -2.01. The Balaban J connectivity index is 1.74. The third kappa shape index (κ3) is 4.00. The summed E-state index contributed by atoms with van der Waals surface area (Å²) in [6.45, 7) is 0.794. The fraction of sp³-hybridized carbons (Fsp3) is 0.143. The summed E-state index contributed by atoms with van der Waals surface area (Å²) < 4.78 is 16.8. The first-order valence-corrected chi connectivity index (χ1v) is 8.59. The maximum Gasteiger partial charge on any atom is 0.227 e. The van der Waals surface area contributed by atoms with Gasteiger partial charge in [-0.15, -0.1) is 0 Å². The van der Waals surface area contributed by atoms with Crippen molar-refractivity contribution in [3.05, 3.63) is 72.6 Å². The van der Waals surface area contributed by atoms with Crippen molar-refractivity contribution in [2.45, 2.75) is 6.61 Å². The number of hydrogen-bond acceptors (Lipinski definition) is 6. The van der Waals surface area contributed by atoms with Gasteiger partial charge in [-0.1, -0.05) is 12.1 Å². The Morgan fingerprint density at radius 3 is 3.00 bits per heavy atom. The molecular formula is C21H19N3O3. The summed E-state index contributed by atoms with van der Waals surface area (Å²) in [5, 5.41) is 3.24. The number of benzene rings is 2. The zero-order valence-corrected chi connectivity index (χ0v) is 14.9. The van der Waals surface area contributed by atoms with E-state index < -0.39 is 0 Å². The van der Waals surface area contributed by atoms with Gasteiger partial charge in [0.25, 0.3) is 0 Å². The minimum atomic E-state index is 0.381. The van der Waals surface area contributed by atoms with Crippen LogP contribution in [0.2, 0.25) is 0 Å². The summed E-state index contributed by atoms with van der Waals surface area (Å²) in [6, 6.07) is 15.5. The predicted octanol–water partition coefficient (Wildman–Crippen LogP) is 4.32. The van der Waals surface area contributed by atoms with Crippen LogP contribution in [-0.2, 0) is 11.3 Å². The van der Waals surface area contributed by atoms with E-state index in [1.165, 1.54) is 0 Å². The van der Waals surface area contributed by atoms with Crippen LogP contribution in [0.25, 0.3) is 11.3 Å². The lowest BCUT2D eigenvalue weighted by Gasteiger charge is -2.13. The number of anilines is 2. The molecular weight excluding hydrogens is 342 g/mol. The predicted molar refractivity (Wildman–Crippen MR) is 103 cm³/mol. The molecule has 1 aliphatic rings. The quantitative estimate of drug-likeness (QED) is 0.696. The molecule has 1 N–H and O–H groups in total. The third-order valence-electron chi connectivity index (χ3n) is 4.10. The minimum Gasteiger partial charge on any atom is -0.497 e. The number of nitrogens with one attached hydrogen (secondary N) is 1. The molecule has 0 saturated heterocycles. The van der Waals surface area contributed by atoms with Gasteiger partial charge in [-0.05, 0) is 42.5 Å². The number of rotatable bonds is 1. The van der Waals surface area contributed by atoms with E-state index in [-0.39, 0.29) is 0 Å². The van der Waals surface area contributed by atoms with Gasteiger partial charge in [-0.25, -0.2) is 9.97 Å². The van der Waals surface area contributed by atoms with Gasteiger partial charge in [-0.2, -0.15) is 0 Å². The van der Waals surface area contributed by atoms with Crippen LogP contribution in [0.4, 0.5) is 11.6 Å². The van der Waals surface area contributed by atoms with Gasteiger partial charge in [0.2, 0.25) is 5.95 Å². The normalized spacial score (nSPS) is 14.3. The average molecular weight is 361 g/mol. The van der Waals surface area contributed by atoms with Crippen LogP contribution in [0, 0.1) is 0 Å². The Hall–Kier alpha value is -3.54. The van der Waals surface area contributed by atoms with Gasteiger partial charge in [0.15, 0.2) is 0 Å². The summed E-state index contributed by atoms with van der Waals surface area (Å²) in [4.78, 5) is 8.94. The van der Waals surface area contributed by atoms with Gasteiger partial charge < -0.3 is 19.5 Å². The first kappa shape index (κ1) is 16.9. The molecule has 0 saturated carbocycles. The van der Waals surface area contributed by atoms with Crippen LogP contribution in [-0.4, -0.2) is 23.7 Å². The standard InChI is InChI=1S/C21H19N3O3/c1-25-20-7-6-17-12-16(20)14-26-10-3-11-27-18-5-2-4-15(13-18)19-8-9-22-21(23-17)24-19/h2-10,12-13H,11,14H2,1H3,(H,22,23,24)/b10-3-. The second-order valence-corrected chi connectivity index (χ2v) is 5.94. The van der Waals surface area contributed by atoms with Crippen molar-refractivity contribution in [1.82, 2.24) is 9.97 Å². The zero-order chi connectivity index (χ0) is 18.5. The molecule has 4 rings (SSSR count). The Kier molecular flexibility index (Phi) is 4.87. The van der Waals surface area contributed by atoms with E-state index >= 15 is 0 Å². The number of fused-ring (bicyclic) bond motifs is 7. The van der Waals surface area contributed by atoms with Crippen molar-refractivity contribution < 1.29 is 14.2 Å². The van der Waals surface area contributed by atoms with Crippen molar-refractivity contribution in [1.29, 1.82) is 0 Å². The maximum atomic E-state index is 5.76. The van der Waals surface area contributed by atoms with Gasteiger partial charge in [0.1, 0.15) is 24.7 Å². The van der Waals surface area contributed by atoms with Gasteiger partial charge in [0, 0.05) is 23.0 Å². The number of hydrogen-bond donors (Lipinski definition) is 1. The molecule has 3 aromatic rings. The van der Waals surface area contributed by atoms with Crippen LogP contribution in [0.1, 0.15) is 5.56 Å². The molecule has 0 fully saturated rings. The second kappa shape index (κ2) is 7.78. The number of methoxy groups -OCH3 is 1. The highest BCUT2D eigenvalue weighted by molar-refractivity contribution is 5.64. The third-order valence-corrected chi connectivity index (χ3v) is 4.10. The van der Waals surface area contributed by atoms with Crippen molar-refractivity contribution in [2.24, 2.45) is 0 Å². The highest BCUT2D eigenvalue weighted by Crippen LogP contribution is 2.27. The summed E-state index contributed by atoms with van der Waals surface area (Å²) in [7, 11) is 1.64. The molecule has 27 heavy (non-hydrogen) atoms. The summed E-state index contributed by atoms with van der Waals surface area (Å²) in [5.41, 5.74) is 3.56. The first-order chi connectivity index (χ1) is 13.3. The van der Waals surface area contributed by atoms with Gasteiger partial charge >= 0.3 is 0 Å². The van der Waals surface area contributed by atoms with E-state index in [0.29, 0.717) is 19.2 Å². The smallest absolute Gasteiger partial charge is 0.227 e. The number of nitrogens with zero attached hydrogens (tertiary/aromatic N) is 2. The zero-order valence-electron chi connectivity index (χ0n) is 14.9. The minimum absolute atomic E-state index is 0.381. The summed E-state index contributed by atoms with van der Waals surface area (Å²) in [6.07, 6.45) is 5.20. The van der Waals surface area contributed by atoms with Crippen molar-refractivity contribution in [3.8, 4) is 22.8 Å². The molecule has 0 aliphatic carbocycles. The van der Waals surface area contributed by atoms with E-state index in [2.05, 4.69) is 15.3 Å². The van der Waals surface area contributed by atoms with E-state index in [0.717, 1.165) is 34.0 Å². The van der Waals surface area contributed by atoms with Crippen LogP contribution in [0.3, 0.4) is 0 Å². The molecule has 136 valence electrons. The topological polar surface area (TPSA) is 65.5 Å². The Labute approximate surface area is 157 Å². The average Bonchev–Trinajstić information content (AvgIpc) is 2.71. The molecule has 6 nitrogen and oxygen atoms in total. The molecule has 1 aliphatic heterocycles. The van der Waals surface area contributed by atoms with Crippen molar-refractivity contribution in [2.75, 3.05) is 19.0 Å². The molecule has 6 bridgehead atoms. The molecule has 2 aromatic carbocycles. The summed E-state index contributed by atoms with van der Waals surface area (Å²) >= 11 is 0. The van der Waals surface area contributed by atoms with Gasteiger partial charge in [-0.3, -0.25) is 0 Å². The highest BCUT2D eigenvalue weighted by atomic mass is 16.5. The molecule has 6 heteroatoms. The SMILES string of the molecule is COc1ccc2cc1CO/C=C\COc1cccc(c1)-c1ccnc(n1)N2. The van der Waals surface area contributed by atoms with Crippen LogP contribution in [0.5, 0.6) is 11.5 Å². The summed E-state index contributed by atoms with van der Waals surface area (Å²) in [5.74, 6) is 2.04. The van der Waals surface area contributed by atoms with E-state index in [9.17, 15) is 0 Å². The lowest BCUT2D eigenvalue weighted by atomic mass is 10.1. The number of ether oxygens (including phenoxy) is 3. The molecule has 2 heterocycles. The molecule has 1 aromatic heterocycles. The fourth-order valence-corrected chi connectivity index (χ4v) is 2.81. The Bertz CT molecular complexity index is 972. The fourth-order valence-electron chi connectivity index (χ4n) is 2.81. The molecule has 0 radical (unpaired) electrons. The van der Waals surface area contributed by atoms with E-state index in [4.69, 9.17) is 14.2 Å². The van der Waals surface area contributed by atoms with Crippen molar-refractivity contribution in [3.63, 3.8) is 0 Å². The Morgan fingerprint density at radius 1 is 1.11 bits per heavy atom. The number of aromatic nitrogens is 2. The first-order valence-electron chi connectivity index (χ1n) is 8.59. The van der Waals surface area contributed by atoms with Crippen LogP contribution >= 0.6 is 0 Å². The second-order valence-electron chi connectivity index (χ2n) is 5.94. The van der Waals surface area contributed by atoms with Crippen molar-refractivity contribution >= 4 is 11.6 Å². The Morgan fingerprint density at radius 2 is 2.07 bits per heavy atom. The van der Waals surface area contributed by atoms with Crippen LogP contribution in [0.15, 0.2) is 67.1 Å². The lowest BCUT2D eigenvalue weighted by molar-refractivity contribution is 0.228. The molecule has 0 atom stereocenters.